The Kier molecular flexibility index (Phi) is 2.85. The van der Waals surface area contributed by atoms with Crippen molar-refractivity contribution in [1.29, 1.82) is 0 Å². The molecule has 3 aromatic rings. The molecule has 0 nitrogen and oxygen atoms in total. The Morgan fingerprint density at radius 3 is 2.38 bits per heavy atom. The SMILES string of the molecule is Fc1c(Cc2ccccc2)ccc2c1Cc1ccccc1-2. The van der Waals surface area contributed by atoms with Gasteiger partial charge in [0.05, 0.1) is 0 Å². The van der Waals surface area contributed by atoms with Gasteiger partial charge in [-0.25, -0.2) is 4.39 Å². The van der Waals surface area contributed by atoms with E-state index in [0.717, 1.165) is 22.3 Å². The summed E-state index contributed by atoms with van der Waals surface area (Å²) < 4.78 is 14.8. The fourth-order valence-electron chi connectivity index (χ4n) is 3.17. The molecular formula is C20H15F. The Morgan fingerprint density at radius 2 is 1.52 bits per heavy atom. The second kappa shape index (κ2) is 4.85. The molecule has 4 rings (SSSR count). The van der Waals surface area contributed by atoms with E-state index in [0.29, 0.717) is 12.8 Å². The van der Waals surface area contributed by atoms with Crippen LogP contribution in [0, 0.1) is 5.82 Å². The number of halogens is 1. The predicted molar refractivity (Wildman–Crippen MR) is 83.9 cm³/mol. The molecule has 102 valence electrons. The van der Waals surface area contributed by atoms with Crippen LogP contribution in [-0.4, -0.2) is 0 Å². The summed E-state index contributed by atoms with van der Waals surface area (Å²) in [5.41, 5.74) is 6.24. The topological polar surface area (TPSA) is 0 Å². The molecule has 0 bridgehead atoms. The maximum Gasteiger partial charge on any atom is 0.130 e. The standard InChI is InChI=1S/C20H15F/c21-20-16(12-14-6-2-1-3-7-14)10-11-18-17-9-5-4-8-15(17)13-19(18)20/h1-11H,12-13H2. The van der Waals surface area contributed by atoms with Crippen LogP contribution in [0.4, 0.5) is 4.39 Å². The Bertz CT molecular complexity index is 803. The number of hydrogen-bond donors (Lipinski definition) is 0. The molecule has 0 saturated heterocycles. The maximum atomic E-state index is 14.8. The summed E-state index contributed by atoms with van der Waals surface area (Å²) in [6, 6.07) is 22.3. The molecule has 0 fully saturated rings. The number of fused-ring (bicyclic) bond motifs is 3. The van der Waals surface area contributed by atoms with Crippen molar-refractivity contribution in [2.75, 3.05) is 0 Å². The van der Waals surface area contributed by atoms with Crippen LogP contribution in [0.1, 0.15) is 22.3 Å². The molecule has 0 N–H and O–H groups in total. The zero-order chi connectivity index (χ0) is 14.2. The quantitative estimate of drug-likeness (QED) is 0.483. The lowest BCUT2D eigenvalue weighted by atomic mass is 9.98. The van der Waals surface area contributed by atoms with Gasteiger partial charge in [0.2, 0.25) is 0 Å². The van der Waals surface area contributed by atoms with Gasteiger partial charge in [0, 0.05) is 18.4 Å². The molecule has 1 aliphatic rings. The second-order valence-electron chi connectivity index (χ2n) is 5.56. The lowest BCUT2D eigenvalue weighted by molar-refractivity contribution is 0.603. The van der Waals surface area contributed by atoms with Crippen LogP contribution in [0.2, 0.25) is 0 Å². The van der Waals surface area contributed by atoms with E-state index in [-0.39, 0.29) is 5.82 Å². The van der Waals surface area contributed by atoms with Crippen molar-refractivity contribution in [3.8, 4) is 11.1 Å². The minimum absolute atomic E-state index is 0.0347. The number of hydrogen-bond acceptors (Lipinski definition) is 0. The summed E-state index contributed by atoms with van der Waals surface area (Å²) in [4.78, 5) is 0. The molecule has 0 spiro atoms. The molecule has 21 heavy (non-hydrogen) atoms. The highest BCUT2D eigenvalue weighted by Gasteiger charge is 2.22. The van der Waals surface area contributed by atoms with Crippen LogP contribution in [0.3, 0.4) is 0 Å². The monoisotopic (exact) mass is 274 g/mol. The highest BCUT2D eigenvalue weighted by Crippen LogP contribution is 2.38. The molecule has 1 aliphatic carbocycles. The Balaban J connectivity index is 1.76. The zero-order valence-electron chi connectivity index (χ0n) is 11.6. The van der Waals surface area contributed by atoms with Gasteiger partial charge in [-0.1, -0.05) is 66.7 Å². The average molecular weight is 274 g/mol. The molecule has 0 radical (unpaired) electrons. The first-order chi connectivity index (χ1) is 10.3. The van der Waals surface area contributed by atoms with E-state index in [1.807, 2.05) is 48.5 Å². The third-order valence-corrected chi connectivity index (χ3v) is 4.24. The van der Waals surface area contributed by atoms with Gasteiger partial charge in [-0.15, -0.1) is 0 Å². The van der Waals surface area contributed by atoms with E-state index in [2.05, 4.69) is 18.2 Å². The molecule has 0 aromatic heterocycles. The fraction of sp³-hybridized carbons (Fsp3) is 0.100. The van der Waals surface area contributed by atoms with Gasteiger partial charge in [0.25, 0.3) is 0 Å². The van der Waals surface area contributed by atoms with Crippen molar-refractivity contribution in [2.24, 2.45) is 0 Å². The summed E-state index contributed by atoms with van der Waals surface area (Å²) in [6.07, 6.45) is 1.36. The first-order valence-corrected chi connectivity index (χ1v) is 7.25. The zero-order valence-corrected chi connectivity index (χ0v) is 11.6. The van der Waals surface area contributed by atoms with Crippen LogP contribution < -0.4 is 0 Å². The highest BCUT2D eigenvalue weighted by atomic mass is 19.1. The van der Waals surface area contributed by atoms with Crippen LogP contribution >= 0.6 is 0 Å². The molecular weight excluding hydrogens is 259 g/mol. The van der Waals surface area contributed by atoms with Gasteiger partial charge in [0.15, 0.2) is 0 Å². The Hall–Kier alpha value is -2.41. The molecule has 0 saturated carbocycles. The molecule has 0 aliphatic heterocycles. The number of benzene rings is 3. The van der Waals surface area contributed by atoms with Crippen molar-refractivity contribution in [3.05, 3.63) is 94.8 Å². The second-order valence-corrected chi connectivity index (χ2v) is 5.56. The normalized spacial score (nSPS) is 12.0. The molecule has 3 aromatic carbocycles. The van der Waals surface area contributed by atoms with Crippen molar-refractivity contribution >= 4 is 0 Å². The molecule has 0 amide bonds. The van der Waals surface area contributed by atoms with E-state index in [4.69, 9.17) is 0 Å². The molecule has 0 unspecified atom stereocenters. The first-order valence-electron chi connectivity index (χ1n) is 7.25. The van der Waals surface area contributed by atoms with Crippen molar-refractivity contribution in [1.82, 2.24) is 0 Å². The first kappa shape index (κ1) is 12.3. The largest absolute Gasteiger partial charge is 0.206 e. The van der Waals surface area contributed by atoms with Crippen molar-refractivity contribution in [2.45, 2.75) is 12.8 Å². The van der Waals surface area contributed by atoms with Gasteiger partial charge >= 0.3 is 0 Å². The third-order valence-electron chi connectivity index (χ3n) is 4.24. The Labute approximate surface area is 123 Å². The number of rotatable bonds is 2. The van der Waals surface area contributed by atoms with E-state index < -0.39 is 0 Å². The predicted octanol–water partition coefficient (Wildman–Crippen LogP) is 4.99. The molecule has 1 heteroatoms. The van der Waals surface area contributed by atoms with E-state index in [1.165, 1.54) is 11.1 Å². The van der Waals surface area contributed by atoms with Gasteiger partial charge in [0.1, 0.15) is 5.82 Å². The highest BCUT2D eigenvalue weighted by molar-refractivity contribution is 5.77. The van der Waals surface area contributed by atoms with Gasteiger partial charge in [-0.2, -0.15) is 0 Å². The van der Waals surface area contributed by atoms with Crippen LogP contribution in [0.5, 0.6) is 0 Å². The van der Waals surface area contributed by atoms with Gasteiger partial charge < -0.3 is 0 Å². The van der Waals surface area contributed by atoms with Crippen molar-refractivity contribution < 1.29 is 4.39 Å². The third kappa shape index (κ3) is 2.06. The Morgan fingerprint density at radius 1 is 0.762 bits per heavy atom. The molecule has 0 atom stereocenters. The lowest BCUT2D eigenvalue weighted by Gasteiger charge is -2.08. The lowest BCUT2D eigenvalue weighted by Crippen LogP contribution is -1.97. The van der Waals surface area contributed by atoms with Crippen molar-refractivity contribution in [3.63, 3.8) is 0 Å². The van der Waals surface area contributed by atoms with E-state index >= 15 is 0 Å². The van der Waals surface area contributed by atoms with E-state index in [9.17, 15) is 4.39 Å². The van der Waals surface area contributed by atoms with E-state index in [1.54, 1.807) is 0 Å². The smallest absolute Gasteiger partial charge is 0.130 e. The average Bonchev–Trinajstić information content (AvgIpc) is 2.91. The van der Waals surface area contributed by atoms with Gasteiger partial charge in [-0.05, 0) is 27.8 Å². The summed E-state index contributed by atoms with van der Waals surface area (Å²) in [7, 11) is 0. The summed E-state index contributed by atoms with van der Waals surface area (Å²) in [5, 5.41) is 0. The summed E-state index contributed by atoms with van der Waals surface area (Å²) >= 11 is 0. The molecule has 0 heterocycles. The summed E-state index contributed by atoms with van der Waals surface area (Å²) in [5.74, 6) is -0.0347. The van der Waals surface area contributed by atoms with Gasteiger partial charge in [-0.3, -0.25) is 0 Å². The van der Waals surface area contributed by atoms with Crippen LogP contribution in [-0.2, 0) is 12.8 Å². The fourth-order valence-corrected chi connectivity index (χ4v) is 3.17. The minimum atomic E-state index is -0.0347. The van der Waals surface area contributed by atoms with Crippen LogP contribution in [0.15, 0.2) is 66.7 Å². The van der Waals surface area contributed by atoms with Crippen LogP contribution in [0.25, 0.3) is 11.1 Å². The maximum absolute atomic E-state index is 14.8. The summed E-state index contributed by atoms with van der Waals surface area (Å²) in [6.45, 7) is 0. The minimum Gasteiger partial charge on any atom is -0.206 e.